The summed E-state index contributed by atoms with van der Waals surface area (Å²) in [6.45, 7) is 5.72. The predicted octanol–water partition coefficient (Wildman–Crippen LogP) is 4.89. The SMILES string of the molecule is CC(C)N1C(=O)N(C2CCOC2)C(=O)C12CC1CCC(C2)N1CC[C@H](NC(=O)C1CCC(F)(F)CC1)c1ccccc1. The van der Waals surface area contributed by atoms with Gasteiger partial charge in [-0.1, -0.05) is 30.3 Å². The van der Waals surface area contributed by atoms with Gasteiger partial charge in [0.1, 0.15) is 5.54 Å². The first kappa shape index (κ1) is 29.5. The second kappa shape index (κ2) is 11.5. The average molecular weight is 587 g/mol. The Morgan fingerprint density at radius 3 is 2.26 bits per heavy atom. The Morgan fingerprint density at radius 2 is 1.67 bits per heavy atom. The smallest absolute Gasteiger partial charge is 0.328 e. The fraction of sp³-hybridized carbons (Fsp3) is 0.719. The molecule has 10 heteroatoms. The molecular weight excluding hydrogens is 542 g/mol. The number of urea groups is 1. The fourth-order valence-electron chi connectivity index (χ4n) is 8.41. The highest BCUT2D eigenvalue weighted by Gasteiger charge is 2.64. The van der Waals surface area contributed by atoms with E-state index in [2.05, 4.69) is 10.2 Å². The van der Waals surface area contributed by atoms with E-state index in [4.69, 9.17) is 4.74 Å². The van der Waals surface area contributed by atoms with Gasteiger partial charge in [-0.2, -0.15) is 0 Å². The lowest BCUT2D eigenvalue weighted by molar-refractivity contribution is -0.139. The van der Waals surface area contributed by atoms with Crippen LogP contribution < -0.4 is 5.32 Å². The van der Waals surface area contributed by atoms with Crippen LogP contribution in [0.2, 0.25) is 0 Å². The molecule has 5 aliphatic rings. The van der Waals surface area contributed by atoms with Crippen molar-refractivity contribution in [1.82, 2.24) is 20.0 Å². The first-order valence-electron chi connectivity index (χ1n) is 15.8. The fourth-order valence-corrected chi connectivity index (χ4v) is 8.41. The number of carbonyl (C=O) groups excluding carboxylic acids is 3. The molecule has 1 spiro atoms. The van der Waals surface area contributed by atoms with Gasteiger partial charge in [0.2, 0.25) is 11.8 Å². The maximum Gasteiger partial charge on any atom is 0.328 e. The molecular formula is C32H44F2N4O4. The molecule has 1 aromatic carbocycles. The molecule has 0 radical (unpaired) electrons. The van der Waals surface area contributed by atoms with Gasteiger partial charge < -0.3 is 15.0 Å². The van der Waals surface area contributed by atoms with E-state index in [0.717, 1.165) is 24.9 Å². The van der Waals surface area contributed by atoms with Crippen LogP contribution in [0.5, 0.6) is 0 Å². The van der Waals surface area contributed by atoms with Crippen LogP contribution in [0, 0.1) is 5.92 Å². The zero-order chi connectivity index (χ0) is 29.6. The zero-order valence-corrected chi connectivity index (χ0v) is 24.8. The molecule has 1 aromatic rings. The number of nitrogens with zero attached hydrogens (tertiary/aromatic N) is 3. The number of alkyl halides is 2. The highest BCUT2D eigenvalue weighted by molar-refractivity contribution is 6.07. The maximum atomic E-state index is 14.1. The summed E-state index contributed by atoms with van der Waals surface area (Å²) < 4.78 is 33.0. The van der Waals surface area contributed by atoms with E-state index in [1.807, 2.05) is 49.1 Å². The van der Waals surface area contributed by atoms with Crippen molar-refractivity contribution in [2.24, 2.45) is 5.92 Å². The van der Waals surface area contributed by atoms with Gasteiger partial charge in [0, 0.05) is 50.0 Å². The molecule has 4 saturated heterocycles. The molecule has 42 heavy (non-hydrogen) atoms. The van der Waals surface area contributed by atoms with Gasteiger partial charge in [-0.15, -0.1) is 0 Å². The number of rotatable bonds is 8. The lowest BCUT2D eigenvalue weighted by atomic mass is 9.80. The van der Waals surface area contributed by atoms with Crippen LogP contribution in [-0.4, -0.2) is 87.9 Å². The van der Waals surface area contributed by atoms with E-state index in [1.165, 1.54) is 4.90 Å². The number of hydrogen-bond donors (Lipinski definition) is 1. The number of piperidine rings is 1. The summed E-state index contributed by atoms with van der Waals surface area (Å²) in [6, 6.07) is 9.53. The Morgan fingerprint density at radius 1 is 1.00 bits per heavy atom. The summed E-state index contributed by atoms with van der Waals surface area (Å²) in [6.07, 6.45) is 4.52. The molecule has 1 N–H and O–H groups in total. The van der Waals surface area contributed by atoms with Crippen molar-refractivity contribution < 1.29 is 27.9 Å². The third kappa shape index (κ3) is 5.34. The van der Waals surface area contributed by atoms with E-state index >= 15 is 0 Å². The molecule has 1 aliphatic carbocycles. The van der Waals surface area contributed by atoms with Crippen LogP contribution in [0.25, 0.3) is 0 Å². The Balaban J connectivity index is 1.16. The number of nitrogens with one attached hydrogen (secondary N) is 1. The molecule has 6 rings (SSSR count). The van der Waals surface area contributed by atoms with E-state index in [1.54, 1.807) is 0 Å². The van der Waals surface area contributed by atoms with E-state index in [9.17, 15) is 23.2 Å². The summed E-state index contributed by atoms with van der Waals surface area (Å²) in [7, 11) is 0. The monoisotopic (exact) mass is 586 g/mol. The topological polar surface area (TPSA) is 82.2 Å². The standard InChI is InChI=1S/C32H44F2N4O4/c1-21(2)38-30(41)37(26-13-17-42-20-26)29(40)31(38)18-24-8-9-25(19-31)36(24)16-12-27(22-6-4-3-5-7-22)35-28(39)23-10-14-32(33,34)15-11-23/h3-7,21,23-27H,8-20H2,1-2H3,(H,35,39)/t24?,25?,26?,27-,31?/m0/s1. The number of hydrogen-bond acceptors (Lipinski definition) is 5. The average Bonchev–Trinajstić information content (AvgIpc) is 3.62. The largest absolute Gasteiger partial charge is 0.379 e. The van der Waals surface area contributed by atoms with Gasteiger partial charge in [0.25, 0.3) is 5.91 Å². The number of imide groups is 1. The summed E-state index contributed by atoms with van der Waals surface area (Å²) in [5, 5.41) is 3.20. The Bertz CT molecular complexity index is 1150. The van der Waals surface area contributed by atoms with Gasteiger partial charge >= 0.3 is 6.03 Å². The first-order valence-corrected chi connectivity index (χ1v) is 15.8. The van der Waals surface area contributed by atoms with E-state index in [-0.39, 0.29) is 79.7 Å². The lowest BCUT2D eigenvalue weighted by Crippen LogP contribution is -2.61. The number of ether oxygens (including phenoxy) is 1. The quantitative estimate of drug-likeness (QED) is 0.439. The minimum absolute atomic E-state index is 0.0549. The van der Waals surface area contributed by atoms with Gasteiger partial charge in [0.05, 0.1) is 18.7 Å². The third-order valence-corrected chi connectivity index (χ3v) is 10.5. The van der Waals surface area contributed by atoms with Crippen LogP contribution in [0.15, 0.2) is 30.3 Å². The number of carbonyl (C=O) groups is 3. The third-order valence-electron chi connectivity index (χ3n) is 10.5. The molecule has 0 aromatic heterocycles. The van der Waals surface area contributed by atoms with Crippen LogP contribution in [0.1, 0.15) is 89.7 Å². The first-order chi connectivity index (χ1) is 20.1. The van der Waals surface area contributed by atoms with Crippen molar-refractivity contribution in [2.45, 2.75) is 120 Å². The van der Waals surface area contributed by atoms with Gasteiger partial charge in [-0.25, -0.2) is 13.6 Å². The van der Waals surface area contributed by atoms with Gasteiger partial charge in [-0.3, -0.25) is 19.4 Å². The summed E-state index contributed by atoms with van der Waals surface area (Å²) in [5.74, 6) is -3.25. The molecule has 3 unspecified atom stereocenters. The van der Waals surface area contributed by atoms with Crippen molar-refractivity contribution in [3.8, 4) is 0 Å². The van der Waals surface area contributed by atoms with Crippen LogP contribution >= 0.6 is 0 Å². The van der Waals surface area contributed by atoms with Crippen molar-refractivity contribution >= 4 is 17.8 Å². The highest BCUT2D eigenvalue weighted by atomic mass is 19.3. The number of amides is 4. The van der Waals surface area contributed by atoms with Crippen LogP contribution in [0.4, 0.5) is 13.6 Å². The minimum Gasteiger partial charge on any atom is -0.379 e. The van der Waals surface area contributed by atoms with E-state index in [0.29, 0.717) is 38.9 Å². The number of benzene rings is 1. The Labute approximate surface area is 247 Å². The summed E-state index contributed by atoms with van der Waals surface area (Å²) >= 11 is 0. The highest BCUT2D eigenvalue weighted by Crippen LogP contribution is 2.49. The van der Waals surface area contributed by atoms with Crippen LogP contribution in [-0.2, 0) is 14.3 Å². The molecule has 230 valence electrons. The molecule has 4 amide bonds. The maximum absolute atomic E-state index is 14.1. The predicted molar refractivity (Wildman–Crippen MR) is 153 cm³/mol. The van der Waals surface area contributed by atoms with Gasteiger partial charge in [0.15, 0.2) is 0 Å². The molecule has 1 saturated carbocycles. The molecule has 5 fully saturated rings. The lowest BCUT2D eigenvalue weighted by Gasteiger charge is -2.48. The second-order valence-corrected chi connectivity index (χ2v) is 13.4. The van der Waals surface area contributed by atoms with Crippen molar-refractivity contribution in [1.29, 1.82) is 0 Å². The summed E-state index contributed by atoms with van der Waals surface area (Å²) in [5.41, 5.74) is 0.191. The number of halogens is 2. The Kier molecular flexibility index (Phi) is 8.06. The zero-order valence-electron chi connectivity index (χ0n) is 24.8. The second-order valence-electron chi connectivity index (χ2n) is 13.4. The normalized spacial score (nSPS) is 32.4. The molecule has 8 nitrogen and oxygen atoms in total. The van der Waals surface area contributed by atoms with Crippen LogP contribution in [0.3, 0.4) is 0 Å². The molecule has 4 atom stereocenters. The summed E-state index contributed by atoms with van der Waals surface area (Å²) in [4.78, 5) is 46.8. The van der Waals surface area contributed by atoms with Gasteiger partial charge in [-0.05, 0) is 70.8 Å². The molecule has 2 bridgehead atoms. The van der Waals surface area contributed by atoms with E-state index < -0.39 is 11.5 Å². The minimum atomic E-state index is -2.67. The Hall–Kier alpha value is -2.59. The van der Waals surface area contributed by atoms with Crippen molar-refractivity contribution in [3.63, 3.8) is 0 Å². The number of fused-ring (bicyclic) bond motifs is 2. The molecule has 4 heterocycles. The van der Waals surface area contributed by atoms with Crippen molar-refractivity contribution in [3.05, 3.63) is 35.9 Å². The van der Waals surface area contributed by atoms with Crippen molar-refractivity contribution in [2.75, 3.05) is 19.8 Å². The molecule has 4 aliphatic heterocycles.